The average Bonchev–Trinajstić information content (AvgIpc) is 2.30. The zero-order valence-electron chi connectivity index (χ0n) is 9.70. The van der Waals surface area contributed by atoms with Crippen LogP contribution in [0.4, 0.5) is 0 Å². The van der Waals surface area contributed by atoms with Crippen molar-refractivity contribution < 1.29 is 4.79 Å². The lowest BCUT2D eigenvalue weighted by molar-refractivity contribution is 0.0927. The van der Waals surface area contributed by atoms with Crippen molar-refractivity contribution >= 4 is 19.2 Å². The summed E-state index contributed by atoms with van der Waals surface area (Å²) in [5.41, 5.74) is 1.70. The fourth-order valence-electron chi connectivity index (χ4n) is 2.19. The minimum Gasteiger partial charge on any atom is -0.349 e. The van der Waals surface area contributed by atoms with Crippen LogP contribution < -0.4 is 10.8 Å². The fraction of sp³-hybridized carbons (Fsp3) is 0.500. The number of rotatable bonds is 2. The second kappa shape index (κ2) is 5.15. The predicted octanol–water partition coefficient (Wildman–Crippen LogP) is 0.402. The molecule has 0 aliphatic heterocycles. The van der Waals surface area contributed by atoms with Gasteiger partial charge in [0.05, 0.1) is 5.56 Å². The molecule has 1 aliphatic rings. The Morgan fingerprint density at radius 1 is 1.31 bits per heavy atom. The SMILES string of the molecule is Bc1cncc(C(=O)NC2CCCCC2)c1. The molecule has 0 atom stereocenters. The van der Waals surface area contributed by atoms with Crippen molar-refractivity contribution in [1.82, 2.24) is 10.3 Å². The van der Waals surface area contributed by atoms with Crippen LogP contribution in [0.2, 0.25) is 0 Å². The van der Waals surface area contributed by atoms with Crippen LogP contribution >= 0.6 is 0 Å². The first kappa shape index (κ1) is 11.2. The van der Waals surface area contributed by atoms with Gasteiger partial charge in [-0.15, -0.1) is 0 Å². The summed E-state index contributed by atoms with van der Waals surface area (Å²) in [5, 5.41) is 3.08. The molecule has 0 aromatic carbocycles. The number of nitrogens with one attached hydrogen (secondary N) is 1. The Kier molecular flexibility index (Phi) is 3.60. The lowest BCUT2D eigenvalue weighted by Gasteiger charge is -2.22. The zero-order chi connectivity index (χ0) is 11.4. The highest BCUT2D eigenvalue weighted by molar-refractivity contribution is 6.32. The minimum absolute atomic E-state index is 0.0168. The number of carbonyl (C=O) groups excluding carboxylic acids is 1. The Hall–Kier alpha value is -1.32. The zero-order valence-corrected chi connectivity index (χ0v) is 9.70. The van der Waals surface area contributed by atoms with E-state index in [0.29, 0.717) is 11.6 Å². The molecule has 0 bridgehead atoms. The molecule has 4 heteroatoms. The Balaban J connectivity index is 1.97. The highest BCUT2D eigenvalue weighted by Gasteiger charge is 2.16. The van der Waals surface area contributed by atoms with Gasteiger partial charge in [0.15, 0.2) is 0 Å². The van der Waals surface area contributed by atoms with Crippen molar-refractivity contribution in [3.05, 3.63) is 24.0 Å². The minimum atomic E-state index is 0.0168. The van der Waals surface area contributed by atoms with Gasteiger partial charge in [-0.25, -0.2) is 0 Å². The maximum Gasteiger partial charge on any atom is 0.253 e. The van der Waals surface area contributed by atoms with E-state index in [0.717, 1.165) is 18.3 Å². The molecule has 1 N–H and O–H groups in total. The van der Waals surface area contributed by atoms with Gasteiger partial charge in [0.2, 0.25) is 0 Å². The summed E-state index contributed by atoms with van der Waals surface area (Å²) in [6.07, 6.45) is 9.39. The van der Waals surface area contributed by atoms with Crippen LogP contribution in [0.25, 0.3) is 0 Å². The summed E-state index contributed by atoms with van der Waals surface area (Å²) in [7, 11) is 1.95. The molecule has 1 saturated carbocycles. The standard InChI is InChI=1S/C12H17BN2O/c13-10-6-9(7-14-8-10)12(16)15-11-4-2-1-3-5-11/h6-8,11H,1-5,13H2,(H,15,16). The summed E-state index contributed by atoms with van der Waals surface area (Å²) in [6.45, 7) is 0. The molecule has 0 saturated heterocycles. The van der Waals surface area contributed by atoms with Crippen LogP contribution in [-0.4, -0.2) is 24.8 Å². The van der Waals surface area contributed by atoms with Crippen LogP contribution in [0, 0.1) is 0 Å². The third kappa shape index (κ3) is 2.84. The van der Waals surface area contributed by atoms with Gasteiger partial charge in [-0.1, -0.05) is 30.8 Å². The van der Waals surface area contributed by atoms with E-state index in [1.165, 1.54) is 19.3 Å². The van der Waals surface area contributed by atoms with Crippen molar-refractivity contribution in [2.24, 2.45) is 0 Å². The molecule has 0 spiro atoms. The molecule has 1 aromatic heterocycles. The van der Waals surface area contributed by atoms with E-state index in [1.807, 2.05) is 13.9 Å². The molecular formula is C12H17BN2O. The van der Waals surface area contributed by atoms with Crippen molar-refractivity contribution in [2.45, 2.75) is 38.1 Å². The van der Waals surface area contributed by atoms with E-state index in [-0.39, 0.29) is 5.91 Å². The normalized spacial score (nSPS) is 17.0. The lowest BCUT2D eigenvalue weighted by Crippen LogP contribution is -2.36. The molecule has 16 heavy (non-hydrogen) atoms. The maximum atomic E-state index is 11.9. The highest BCUT2D eigenvalue weighted by Crippen LogP contribution is 2.17. The molecule has 84 valence electrons. The van der Waals surface area contributed by atoms with Crippen LogP contribution in [0.3, 0.4) is 0 Å². The molecule has 0 radical (unpaired) electrons. The largest absolute Gasteiger partial charge is 0.349 e. The summed E-state index contributed by atoms with van der Waals surface area (Å²) >= 11 is 0. The van der Waals surface area contributed by atoms with E-state index in [9.17, 15) is 4.79 Å². The van der Waals surface area contributed by atoms with Gasteiger partial charge < -0.3 is 5.32 Å². The highest BCUT2D eigenvalue weighted by atomic mass is 16.1. The molecule has 1 aromatic rings. The van der Waals surface area contributed by atoms with Crippen LogP contribution in [0.15, 0.2) is 18.5 Å². The molecule has 3 nitrogen and oxygen atoms in total. The second-order valence-corrected chi connectivity index (χ2v) is 4.56. The van der Waals surface area contributed by atoms with Crippen molar-refractivity contribution in [3.63, 3.8) is 0 Å². The lowest BCUT2D eigenvalue weighted by atomic mass is 9.94. The van der Waals surface area contributed by atoms with Gasteiger partial charge in [-0.3, -0.25) is 9.78 Å². The van der Waals surface area contributed by atoms with E-state index in [4.69, 9.17) is 0 Å². The third-order valence-corrected chi connectivity index (χ3v) is 3.08. The van der Waals surface area contributed by atoms with Gasteiger partial charge >= 0.3 is 0 Å². The summed E-state index contributed by atoms with van der Waals surface area (Å²) in [4.78, 5) is 16.0. The van der Waals surface area contributed by atoms with Crippen LogP contribution in [-0.2, 0) is 0 Å². The molecule has 1 amide bonds. The number of hydrogen-bond acceptors (Lipinski definition) is 2. The predicted molar refractivity (Wildman–Crippen MR) is 66.8 cm³/mol. The van der Waals surface area contributed by atoms with E-state index >= 15 is 0 Å². The molecule has 2 rings (SSSR count). The van der Waals surface area contributed by atoms with Gasteiger partial charge in [0.25, 0.3) is 5.91 Å². The Morgan fingerprint density at radius 2 is 2.06 bits per heavy atom. The van der Waals surface area contributed by atoms with Crippen molar-refractivity contribution in [1.29, 1.82) is 0 Å². The Labute approximate surface area is 97.1 Å². The van der Waals surface area contributed by atoms with E-state index in [2.05, 4.69) is 10.3 Å². The van der Waals surface area contributed by atoms with Gasteiger partial charge in [-0.05, 0) is 12.8 Å². The Morgan fingerprint density at radius 3 is 2.75 bits per heavy atom. The van der Waals surface area contributed by atoms with Gasteiger partial charge in [0.1, 0.15) is 7.85 Å². The number of amides is 1. The summed E-state index contributed by atoms with van der Waals surface area (Å²) < 4.78 is 0. The molecular weight excluding hydrogens is 199 g/mol. The first-order valence-corrected chi connectivity index (χ1v) is 5.98. The second-order valence-electron chi connectivity index (χ2n) is 4.56. The summed E-state index contributed by atoms with van der Waals surface area (Å²) in [6, 6.07) is 2.24. The van der Waals surface area contributed by atoms with Crippen LogP contribution in [0.1, 0.15) is 42.5 Å². The average molecular weight is 216 g/mol. The molecule has 0 unspecified atom stereocenters. The topological polar surface area (TPSA) is 42.0 Å². The molecule has 1 fully saturated rings. The third-order valence-electron chi connectivity index (χ3n) is 3.08. The van der Waals surface area contributed by atoms with Crippen molar-refractivity contribution in [3.8, 4) is 0 Å². The van der Waals surface area contributed by atoms with Crippen LogP contribution in [0.5, 0.6) is 0 Å². The van der Waals surface area contributed by atoms with E-state index in [1.54, 1.807) is 12.4 Å². The monoisotopic (exact) mass is 216 g/mol. The smallest absolute Gasteiger partial charge is 0.253 e. The van der Waals surface area contributed by atoms with E-state index < -0.39 is 0 Å². The first-order chi connectivity index (χ1) is 7.75. The maximum absolute atomic E-state index is 11.9. The quantitative estimate of drug-likeness (QED) is 0.727. The van der Waals surface area contributed by atoms with Gasteiger partial charge in [-0.2, -0.15) is 0 Å². The fourth-order valence-corrected chi connectivity index (χ4v) is 2.19. The first-order valence-electron chi connectivity index (χ1n) is 5.98. The number of aromatic nitrogens is 1. The number of hydrogen-bond donors (Lipinski definition) is 1. The molecule has 1 aliphatic carbocycles. The van der Waals surface area contributed by atoms with Gasteiger partial charge in [0, 0.05) is 18.4 Å². The Bertz CT molecular complexity index is 375. The number of carbonyl (C=O) groups is 1. The molecule has 1 heterocycles. The number of pyridine rings is 1. The summed E-state index contributed by atoms with van der Waals surface area (Å²) in [5.74, 6) is 0.0168. The van der Waals surface area contributed by atoms with Crippen molar-refractivity contribution in [2.75, 3.05) is 0 Å². The number of nitrogens with zero attached hydrogens (tertiary/aromatic N) is 1.